The number of benzene rings is 3. The second-order valence-electron chi connectivity index (χ2n) is 9.47. The van der Waals surface area contributed by atoms with Crippen LogP contribution in [0.15, 0.2) is 71.6 Å². The molecule has 0 aliphatic rings. The smallest absolute Gasteiger partial charge is 0.319 e. The van der Waals surface area contributed by atoms with E-state index in [-0.39, 0.29) is 22.8 Å². The fourth-order valence-electron chi connectivity index (χ4n) is 3.68. The molecule has 0 spiro atoms. The molecule has 0 heterocycles. The van der Waals surface area contributed by atoms with E-state index >= 15 is 0 Å². The van der Waals surface area contributed by atoms with Crippen molar-refractivity contribution in [3.8, 4) is 0 Å². The number of anilines is 2. The van der Waals surface area contributed by atoms with Gasteiger partial charge in [0.25, 0.3) is 10.0 Å². The van der Waals surface area contributed by atoms with Crippen LogP contribution in [0.5, 0.6) is 0 Å². The maximum absolute atomic E-state index is 13.1. The van der Waals surface area contributed by atoms with E-state index in [0.29, 0.717) is 27.0 Å². The van der Waals surface area contributed by atoms with E-state index in [1.807, 2.05) is 12.1 Å². The van der Waals surface area contributed by atoms with Crippen molar-refractivity contribution in [2.45, 2.75) is 43.7 Å². The van der Waals surface area contributed by atoms with Crippen LogP contribution in [-0.2, 0) is 16.4 Å². The van der Waals surface area contributed by atoms with Gasteiger partial charge >= 0.3 is 6.03 Å². The van der Waals surface area contributed by atoms with Gasteiger partial charge in [-0.25, -0.2) is 13.2 Å². The lowest BCUT2D eigenvalue weighted by Gasteiger charge is -2.21. The SMILES string of the molecule is C[C@H](NC(=O)Nc1ccc(S(=O)(=O)N(C)c2ccc(CC(C)(C)[NH3+])cc2)cc1)c1cccc(Cl)c1Cl.[Cl-]. The van der Waals surface area contributed by atoms with Gasteiger partial charge in [0, 0.05) is 19.2 Å². The monoisotopic (exact) mass is 584 g/mol. The molecular formula is C26H31Cl3N4O3S. The van der Waals surface area contributed by atoms with Crippen molar-refractivity contribution >= 4 is 50.6 Å². The van der Waals surface area contributed by atoms with Gasteiger partial charge in [-0.2, -0.15) is 0 Å². The van der Waals surface area contributed by atoms with Crippen LogP contribution < -0.4 is 33.1 Å². The largest absolute Gasteiger partial charge is 1.00 e. The van der Waals surface area contributed by atoms with Crippen LogP contribution in [-0.4, -0.2) is 27.0 Å². The fraction of sp³-hybridized carbons (Fsp3) is 0.269. The molecule has 1 atom stereocenters. The number of halogens is 3. The molecule has 0 unspecified atom stereocenters. The van der Waals surface area contributed by atoms with Gasteiger partial charge in [0.05, 0.1) is 32.2 Å². The van der Waals surface area contributed by atoms with Crippen LogP contribution in [0.4, 0.5) is 16.2 Å². The number of hydrogen-bond donors (Lipinski definition) is 3. The van der Waals surface area contributed by atoms with Crippen molar-refractivity contribution in [3.63, 3.8) is 0 Å². The quantitative estimate of drug-likeness (QED) is 0.378. The van der Waals surface area contributed by atoms with Gasteiger partial charge in [-0.05, 0) is 74.4 Å². The predicted octanol–water partition coefficient (Wildman–Crippen LogP) is 2.27. The van der Waals surface area contributed by atoms with Crippen LogP contribution in [0, 0.1) is 0 Å². The summed E-state index contributed by atoms with van der Waals surface area (Å²) in [5, 5.41) is 6.28. The first-order chi connectivity index (χ1) is 16.8. The number of sulfonamides is 1. The summed E-state index contributed by atoms with van der Waals surface area (Å²) in [5.74, 6) is 0. The minimum absolute atomic E-state index is 0. The average molecular weight is 586 g/mol. The molecule has 0 aromatic heterocycles. The first kappa shape index (κ1) is 30.7. The van der Waals surface area contributed by atoms with Crippen molar-refractivity contribution < 1.29 is 31.4 Å². The van der Waals surface area contributed by atoms with Gasteiger partial charge in [0.2, 0.25) is 0 Å². The number of amides is 2. The van der Waals surface area contributed by atoms with Crippen molar-refractivity contribution in [2.75, 3.05) is 16.7 Å². The van der Waals surface area contributed by atoms with Crippen LogP contribution in [0.25, 0.3) is 0 Å². The molecule has 5 N–H and O–H groups in total. The minimum atomic E-state index is -3.78. The third-order valence-electron chi connectivity index (χ3n) is 5.55. The highest BCUT2D eigenvalue weighted by Gasteiger charge is 2.22. The predicted molar refractivity (Wildman–Crippen MR) is 146 cm³/mol. The lowest BCUT2D eigenvalue weighted by Crippen LogP contribution is -3.00. The lowest BCUT2D eigenvalue weighted by atomic mass is 9.96. The molecule has 200 valence electrons. The number of quaternary nitrogens is 1. The molecule has 37 heavy (non-hydrogen) atoms. The van der Waals surface area contributed by atoms with Gasteiger partial charge in [-0.1, -0.05) is 47.5 Å². The molecule has 0 saturated heterocycles. The van der Waals surface area contributed by atoms with Crippen LogP contribution in [0.2, 0.25) is 10.0 Å². The molecule has 0 fully saturated rings. The van der Waals surface area contributed by atoms with Gasteiger partial charge < -0.3 is 28.8 Å². The summed E-state index contributed by atoms with van der Waals surface area (Å²) >= 11 is 12.3. The Bertz CT molecular complexity index is 1330. The molecule has 3 aromatic rings. The molecule has 0 bridgehead atoms. The van der Waals surface area contributed by atoms with E-state index in [1.165, 1.54) is 35.6 Å². The third kappa shape index (κ3) is 7.99. The average Bonchev–Trinajstić information content (AvgIpc) is 2.80. The molecule has 3 rings (SSSR count). The fourth-order valence-corrected chi connectivity index (χ4v) is 5.35. The molecule has 7 nitrogen and oxygen atoms in total. The Hall–Kier alpha value is -2.49. The van der Waals surface area contributed by atoms with Gasteiger partial charge in [-0.3, -0.25) is 4.31 Å². The first-order valence-electron chi connectivity index (χ1n) is 11.3. The molecule has 2 amide bonds. The number of nitrogens with zero attached hydrogens (tertiary/aromatic N) is 1. The lowest BCUT2D eigenvalue weighted by molar-refractivity contribution is -0.465. The highest BCUT2D eigenvalue weighted by atomic mass is 35.5. The first-order valence-corrected chi connectivity index (χ1v) is 13.5. The Morgan fingerprint density at radius 3 is 2.19 bits per heavy atom. The topological polar surface area (TPSA) is 106 Å². The van der Waals surface area contributed by atoms with Gasteiger partial charge in [-0.15, -0.1) is 0 Å². The van der Waals surface area contributed by atoms with E-state index in [4.69, 9.17) is 23.2 Å². The standard InChI is InChI=1S/C26H30Cl2N4O3S.ClH/c1-17(22-6-5-7-23(27)24(22)28)30-25(33)31-19-10-14-21(15-11-19)36(34,35)32(4)20-12-8-18(9-13-20)16-26(2,3)29;/h5-15,17H,16,29H2,1-4H3,(H2,30,31,33);1H/t17-;/m0./s1. The van der Waals surface area contributed by atoms with Crippen molar-refractivity contribution in [3.05, 3.63) is 87.9 Å². The summed E-state index contributed by atoms with van der Waals surface area (Å²) in [4.78, 5) is 12.6. The minimum Gasteiger partial charge on any atom is -1.00 e. The van der Waals surface area contributed by atoms with Crippen LogP contribution in [0.1, 0.15) is 37.9 Å². The molecule has 0 radical (unpaired) electrons. The normalized spacial score (nSPS) is 12.3. The number of urea groups is 1. The molecule has 0 saturated carbocycles. The van der Waals surface area contributed by atoms with Crippen LogP contribution >= 0.6 is 23.2 Å². The van der Waals surface area contributed by atoms with Gasteiger partial charge in [0.15, 0.2) is 0 Å². The zero-order valence-electron chi connectivity index (χ0n) is 21.1. The molecular weight excluding hydrogens is 555 g/mol. The number of carbonyl (C=O) groups excluding carboxylic acids is 1. The maximum Gasteiger partial charge on any atom is 0.319 e. The number of rotatable bonds is 8. The molecule has 11 heteroatoms. The zero-order chi connectivity index (χ0) is 26.7. The third-order valence-corrected chi connectivity index (χ3v) is 8.18. The maximum atomic E-state index is 13.1. The summed E-state index contributed by atoms with van der Waals surface area (Å²) < 4.78 is 27.5. The zero-order valence-corrected chi connectivity index (χ0v) is 24.1. The second kappa shape index (κ2) is 12.4. The van der Waals surface area contributed by atoms with Crippen molar-refractivity contribution in [1.29, 1.82) is 0 Å². The summed E-state index contributed by atoms with van der Waals surface area (Å²) in [6, 6.07) is 17.7. The Morgan fingerprint density at radius 1 is 1.03 bits per heavy atom. The highest BCUT2D eigenvalue weighted by molar-refractivity contribution is 7.92. The Labute approximate surface area is 234 Å². The Morgan fingerprint density at radius 2 is 1.62 bits per heavy atom. The molecule has 3 aromatic carbocycles. The van der Waals surface area contributed by atoms with E-state index < -0.39 is 22.1 Å². The van der Waals surface area contributed by atoms with Crippen molar-refractivity contribution in [2.24, 2.45) is 0 Å². The van der Waals surface area contributed by atoms with Crippen molar-refractivity contribution in [1.82, 2.24) is 5.32 Å². The summed E-state index contributed by atoms with van der Waals surface area (Å²) in [6.45, 7) is 5.89. The summed E-state index contributed by atoms with van der Waals surface area (Å²) in [7, 11) is -2.27. The van der Waals surface area contributed by atoms with E-state index in [0.717, 1.165) is 12.0 Å². The second-order valence-corrected chi connectivity index (χ2v) is 12.2. The Balaban J connectivity index is 0.00000481. The molecule has 0 aliphatic carbocycles. The summed E-state index contributed by atoms with van der Waals surface area (Å²) in [5.41, 5.74) is 6.78. The van der Waals surface area contributed by atoms with Crippen LogP contribution in [0.3, 0.4) is 0 Å². The van der Waals surface area contributed by atoms with E-state index in [9.17, 15) is 13.2 Å². The van der Waals surface area contributed by atoms with E-state index in [1.54, 1.807) is 37.3 Å². The van der Waals surface area contributed by atoms with Gasteiger partial charge in [0.1, 0.15) is 0 Å². The number of nitrogens with one attached hydrogen (secondary N) is 2. The highest BCUT2D eigenvalue weighted by Crippen LogP contribution is 2.30. The summed E-state index contributed by atoms with van der Waals surface area (Å²) in [6.07, 6.45) is 0.788. The molecule has 0 aliphatic heterocycles. The number of hydrogen-bond acceptors (Lipinski definition) is 3. The Kier molecular flexibility index (Phi) is 10.3. The van der Waals surface area contributed by atoms with E-state index in [2.05, 4.69) is 30.2 Å². The number of carbonyl (C=O) groups is 1.